The van der Waals surface area contributed by atoms with Gasteiger partial charge in [0, 0.05) is 18.4 Å². The lowest BCUT2D eigenvalue weighted by Gasteiger charge is -2.28. The molecule has 0 aliphatic heterocycles. The third kappa shape index (κ3) is 3.07. The van der Waals surface area contributed by atoms with Crippen molar-refractivity contribution in [3.63, 3.8) is 0 Å². The Hall–Kier alpha value is -1.33. The Balaban J connectivity index is 2.79. The second kappa shape index (κ2) is 4.95. The van der Waals surface area contributed by atoms with Gasteiger partial charge in [-0.05, 0) is 25.7 Å². The standard InChI is InChI=1S/C10H17N3O2/c1-13(2)10(7-3-4-12-6-7)8(11)5-9(14)15/h3-4,6,8,10,12H,5,11H2,1-2H3,(H,14,15). The van der Waals surface area contributed by atoms with Gasteiger partial charge >= 0.3 is 5.97 Å². The SMILES string of the molecule is CN(C)C(c1cc[nH]c1)C(N)CC(=O)O. The van der Waals surface area contributed by atoms with Crippen molar-refractivity contribution in [2.24, 2.45) is 5.73 Å². The van der Waals surface area contributed by atoms with E-state index in [0.717, 1.165) is 5.56 Å². The lowest BCUT2D eigenvalue weighted by Crippen LogP contribution is -2.38. The number of nitrogens with zero attached hydrogens (tertiary/aromatic N) is 1. The summed E-state index contributed by atoms with van der Waals surface area (Å²) in [7, 11) is 3.78. The Morgan fingerprint density at radius 2 is 2.33 bits per heavy atom. The summed E-state index contributed by atoms with van der Waals surface area (Å²) in [4.78, 5) is 15.5. The number of aromatic amines is 1. The van der Waals surface area contributed by atoms with E-state index < -0.39 is 12.0 Å². The Morgan fingerprint density at radius 3 is 2.73 bits per heavy atom. The molecule has 84 valence electrons. The van der Waals surface area contributed by atoms with Gasteiger partial charge in [-0.15, -0.1) is 0 Å². The molecule has 0 aromatic carbocycles. The fourth-order valence-electron chi connectivity index (χ4n) is 1.76. The van der Waals surface area contributed by atoms with Crippen molar-refractivity contribution in [3.05, 3.63) is 24.0 Å². The maximum Gasteiger partial charge on any atom is 0.304 e. The maximum atomic E-state index is 10.6. The van der Waals surface area contributed by atoms with Crippen LogP contribution in [0.1, 0.15) is 18.0 Å². The monoisotopic (exact) mass is 211 g/mol. The van der Waals surface area contributed by atoms with Gasteiger partial charge in [-0.1, -0.05) is 0 Å². The molecule has 2 atom stereocenters. The van der Waals surface area contributed by atoms with Crippen molar-refractivity contribution in [1.29, 1.82) is 0 Å². The van der Waals surface area contributed by atoms with Crippen LogP contribution in [-0.2, 0) is 4.79 Å². The highest BCUT2D eigenvalue weighted by Gasteiger charge is 2.24. The minimum atomic E-state index is -0.870. The van der Waals surface area contributed by atoms with Crippen LogP contribution in [0.3, 0.4) is 0 Å². The molecule has 5 nitrogen and oxygen atoms in total. The zero-order valence-electron chi connectivity index (χ0n) is 8.97. The third-order valence-electron chi connectivity index (χ3n) is 2.34. The minimum Gasteiger partial charge on any atom is -0.481 e. The number of nitrogens with two attached hydrogens (primary N) is 1. The topological polar surface area (TPSA) is 82.3 Å². The molecule has 2 unspecified atom stereocenters. The van der Waals surface area contributed by atoms with Crippen molar-refractivity contribution in [2.75, 3.05) is 14.1 Å². The number of carbonyl (C=O) groups is 1. The van der Waals surface area contributed by atoms with E-state index in [1.54, 1.807) is 6.20 Å². The van der Waals surface area contributed by atoms with Gasteiger partial charge in [-0.25, -0.2) is 0 Å². The van der Waals surface area contributed by atoms with Crippen LogP contribution in [0.25, 0.3) is 0 Å². The molecule has 0 aliphatic carbocycles. The van der Waals surface area contributed by atoms with Gasteiger partial charge in [-0.2, -0.15) is 0 Å². The molecule has 0 fully saturated rings. The van der Waals surface area contributed by atoms with Crippen LogP contribution < -0.4 is 5.73 Å². The summed E-state index contributed by atoms with van der Waals surface area (Å²) < 4.78 is 0. The van der Waals surface area contributed by atoms with Gasteiger partial charge in [0.25, 0.3) is 0 Å². The molecule has 0 spiro atoms. The Morgan fingerprint density at radius 1 is 1.67 bits per heavy atom. The Kier molecular flexibility index (Phi) is 3.88. The number of H-pyrrole nitrogens is 1. The molecule has 4 N–H and O–H groups in total. The van der Waals surface area contributed by atoms with Crippen LogP contribution in [0.4, 0.5) is 0 Å². The highest BCUT2D eigenvalue weighted by Crippen LogP contribution is 2.22. The second-order valence-corrected chi connectivity index (χ2v) is 3.81. The third-order valence-corrected chi connectivity index (χ3v) is 2.34. The first-order valence-electron chi connectivity index (χ1n) is 4.79. The van der Waals surface area contributed by atoms with Crippen LogP contribution in [-0.4, -0.2) is 41.1 Å². The maximum absolute atomic E-state index is 10.6. The van der Waals surface area contributed by atoms with Gasteiger partial charge in [0.05, 0.1) is 12.5 Å². The minimum absolute atomic E-state index is 0.0337. The van der Waals surface area contributed by atoms with E-state index in [1.807, 2.05) is 31.3 Å². The first-order valence-corrected chi connectivity index (χ1v) is 4.79. The number of carboxylic acids is 1. The molecule has 15 heavy (non-hydrogen) atoms. The summed E-state index contributed by atoms with van der Waals surface area (Å²) in [5.41, 5.74) is 6.88. The molecule has 1 rings (SSSR count). The molecule has 0 bridgehead atoms. The number of carboxylic acid groups (broad SMARTS) is 1. The summed E-state index contributed by atoms with van der Waals surface area (Å²) in [5, 5.41) is 8.71. The smallest absolute Gasteiger partial charge is 0.304 e. The van der Waals surface area contributed by atoms with Crippen molar-refractivity contribution in [1.82, 2.24) is 9.88 Å². The van der Waals surface area contributed by atoms with Gasteiger partial charge in [-0.3, -0.25) is 4.79 Å². The first kappa shape index (κ1) is 11.7. The number of hydrogen-bond acceptors (Lipinski definition) is 3. The quantitative estimate of drug-likeness (QED) is 0.659. The van der Waals surface area contributed by atoms with Gasteiger partial charge in [0.15, 0.2) is 0 Å². The average molecular weight is 211 g/mol. The molecule has 0 aliphatic rings. The van der Waals surface area contributed by atoms with Crippen molar-refractivity contribution in [2.45, 2.75) is 18.5 Å². The van der Waals surface area contributed by atoms with Gasteiger partial charge in [0.1, 0.15) is 0 Å². The highest BCUT2D eigenvalue weighted by atomic mass is 16.4. The van der Waals surface area contributed by atoms with E-state index in [1.165, 1.54) is 0 Å². The fraction of sp³-hybridized carbons (Fsp3) is 0.500. The number of rotatable bonds is 5. The molecule has 0 saturated heterocycles. The van der Waals surface area contributed by atoms with Crippen LogP contribution in [0, 0.1) is 0 Å². The molecule has 1 aromatic heterocycles. The Bertz CT molecular complexity index is 308. The van der Waals surface area contributed by atoms with E-state index in [2.05, 4.69) is 4.98 Å². The number of hydrogen-bond donors (Lipinski definition) is 3. The summed E-state index contributed by atoms with van der Waals surface area (Å²) in [6, 6.07) is 1.42. The number of nitrogens with one attached hydrogen (secondary N) is 1. The normalized spacial score (nSPS) is 15.2. The molecular weight excluding hydrogens is 194 g/mol. The highest BCUT2D eigenvalue weighted by molar-refractivity contribution is 5.67. The largest absolute Gasteiger partial charge is 0.481 e. The van der Waals surface area contributed by atoms with Crippen molar-refractivity contribution < 1.29 is 9.90 Å². The zero-order chi connectivity index (χ0) is 11.4. The summed E-state index contributed by atoms with van der Waals surface area (Å²) in [6.07, 6.45) is 3.61. The fourth-order valence-corrected chi connectivity index (χ4v) is 1.76. The molecule has 5 heteroatoms. The zero-order valence-corrected chi connectivity index (χ0v) is 8.97. The molecule has 1 heterocycles. The second-order valence-electron chi connectivity index (χ2n) is 3.81. The number of likely N-dealkylation sites (N-methyl/N-ethyl adjacent to an activating group) is 1. The Labute approximate surface area is 88.9 Å². The van der Waals surface area contributed by atoms with E-state index >= 15 is 0 Å². The van der Waals surface area contributed by atoms with Crippen molar-refractivity contribution >= 4 is 5.97 Å². The molecule has 0 radical (unpaired) electrons. The van der Waals surface area contributed by atoms with Crippen LogP contribution >= 0.6 is 0 Å². The molecule has 0 amide bonds. The summed E-state index contributed by atoms with van der Waals surface area (Å²) >= 11 is 0. The van der Waals surface area contributed by atoms with E-state index in [9.17, 15) is 4.79 Å². The van der Waals surface area contributed by atoms with E-state index in [4.69, 9.17) is 10.8 Å². The van der Waals surface area contributed by atoms with Crippen LogP contribution in [0.2, 0.25) is 0 Å². The number of aliphatic carboxylic acids is 1. The van der Waals surface area contributed by atoms with Gasteiger partial charge < -0.3 is 20.7 Å². The van der Waals surface area contributed by atoms with Crippen LogP contribution in [0.5, 0.6) is 0 Å². The van der Waals surface area contributed by atoms with Gasteiger partial charge in [0.2, 0.25) is 0 Å². The lowest BCUT2D eigenvalue weighted by molar-refractivity contribution is -0.137. The summed E-state index contributed by atoms with van der Waals surface area (Å²) in [5.74, 6) is -0.870. The summed E-state index contributed by atoms with van der Waals surface area (Å²) in [6.45, 7) is 0. The van der Waals surface area contributed by atoms with Crippen LogP contribution in [0.15, 0.2) is 18.5 Å². The molecular formula is C10H17N3O2. The van der Waals surface area contributed by atoms with E-state index in [0.29, 0.717) is 0 Å². The van der Waals surface area contributed by atoms with Crippen molar-refractivity contribution in [3.8, 4) is 0 Å². The lowest BCUT2D eigenvalue weighted by atomic mass is 9.99. The predicted octanol–water partition coefficient (Wildman–Crippen LogP) is 0.419. The first-order chi connectivity index (χ1) is 7.02. The average Bonchev–Trinajstić information content (AvgIpc) is 2.54. The molecule has 1 aromatic rings. The number of aromatic nitrogens is 1. The molecule has 0 saturated carbocycles. The predicted molar refractivity (Wildman–Crippen MR) is 57.4 cm³/mol. The van der Waals surface area contributed by atoms with E-state index in [-0.39, 0.29) is 12.5 Å².